The van der Waals surface area contributed by atoms with Gasteiger partial charge in [-0.15, -0.1) is 0 Å². The molecule has 0 radical (unpaired) electrons. The maximum absolute atomic E-state index is 13.3. The number of carbonyl (C=O) groups is 2. The Hall–Kier alpha value is -2.11. The number of amides is 1. The van der Waals surface area contributed by atoms with E-state index in [2.05, 4.69) is 0 Å². The summed E-state index contributed by atoms with van der Waals surface area (Å²) in [6, 6.07) is 6.06. The maximum atomic E-state index is 13.3. The number of aliphatic carboxylic acids is 1. The largest absolute Gasteiger partial charge is 0.489 e. The summed E-state index contributed by atoms with van der Waals surface area (Å²) < 4.78 is 18.5. The van der Waals surface area contributed by atoms with Gasteiger partial charge in [-0.1, -0.05) is 12.1 Å². The summed E-state index contributed by atoms with van der Waals surface area (Å²) in [6.45, 7) is 0.502. The summed E-state index contributed by atoms with van der Waals surface area (Å²) in [5, 5.41) is 8.48. The van der Waals surface area contributed by atoms with Crippen LogP contribution < -0.4 is 4.74 Å². The fraction of sp³-hybridized carbons (Fsp3) is 0.429. The minimum atomic E-state index is -0.914. The van der Waals surface area contributed by atoms with Crippen molar-refractivity contribution in [1.29, 1.82) is 0 Å². The minimum Gasteiger partial charge on any atom is -0.489 e. The van der Waals surface area contributed by atoms with Gasteiger partial charge in [0.15, 0.2) is 11.6 Å². The van der Waals surface area contributed by atoms with Gasteiger partial charge >= 0.3 is 5.97 Å². The van der Waals surface area contributed by atoms with Crippen molar-refractivity contribution in [3.05, 3.63) is 30.1 Å². The fourth-order valence-electron chi connectivity index (χ4n) is 1.56. The molecule has 0 unspecified atom stereocenters. The molecule has 0 saturated heterocycles. The number of hydrogen-bond donors (Lipinski definition) is 1. The van der Waals surface area contributed by atoms with E-state index in [0.29, 0.717) is 13.0 Å². The van der Waals surface area contributed by atoms with Crippen molar-refractivity contribution in [3.8, 4) is 5.75 Å². The number of rotatable bonds is 8. The zero-order valence-electron chi connectivity index (χ0n) is 11.3. The number of carboxylic acids is 1. The third-order valence-corrected chi connectivity index (χ3v) is 2.73. The van der Waals surface area contributed by atoms with E-state index in [0.717, 1.165) is 0 Å². The molecule has 0 fully saturated rings. The Kier molecular flexibility index (Phi) is 6.49. The third-order valence-electron chi connectivity index (χ3n) is 2.73. The molecule has 0 spiro atoms. The molecule has 0 aliphatic heterocycles. The second-order valence-electron chi connectivity index (χ2n) is 4.34. The molecule has 0 bridgehead atoms. The second-order valence-corrected chi connectivity index (χ2v) is 4.34. The third kappa shape index (κ3) is 5.69. The van der Waals surface area contributed by atoms with Crippen molar-refractivity contribution in [3.63, 3.8) is 0 Å². The Morgan fingerprint density at radius 3 is 2.65 bits per heavy atom. The van der Waals surface area contributed by atoms with E-state index in [1.807, 2.05) is 0 Å². The van der Waals surface area contributed by atoms with Crippen LogP contribution in [0.15, 0.2) is 24.3 Å². The van der Waals surface area contributed by atoms with Crippen molar-refractivity contribution < 1.29 is 23.8 Å². The Morgan fingerprint density at radius 2 is 2.00 bits per heavy atom. The standard InChI is InChI=1S/C14H18FNO4/c1-16(13(17)7-4-8-14(18)19)9-10-20-12-6-3-2-5-11(12)15/h2-3,5-6H,4,7-10H2,1H3,(H,18,19). The average molecular weight is 283 g/mol. The number of benzene rings is 1. The molecule has 1 aromatic carbocycles. The van der Waals surface area contributed by atoms with Gasteiger partial charge in [0.25, 0.3) is 0 Å². The molecule has 0 aliphatic carbocycles. The number of hydrogen-bond acceptors (Lipinski definition) is 3. The van der Waals surface area contributed by atoms with E-state index in [1.54, 1.807) is 19.2 Å². The zero-order chi connectivity index (χ0) is 15.0. The average Bonchev–Trinajstić information content (AvgIpc) is 2.40. The first kappa shape index (κ1) is 15.9. The van der Waals surface area contributed by atoms with Gasteiger partial charge in [-0.2, -0.15) is 0 Å². The lowest BCUT2D eigenvalue weighted by Crippen LogP contribution is -2.30. The van der Waals surface area contributed by atoms with E-state index in [-0.39, 0.29) is 31.1 Å². The number of ether oxygens (including phenoxy) is 1. The van der Waals surface area contributed by atoms with Crippen LogP contribution in [-0.4, -0.2) is 42.1 Å². The predicted octanol–water partition coefficient (Wildman–Crippen LogP) is 1.92. The number of likely N-dealkylation sites (N-methyl/N-ethyl adjacent to an activating group) is 1. The molecular formula is C14H18FNO4. The van der Waals surface area contributed by atoms with Gasteiger partial charge in [0.2, 0.25) is 5.91 Å². The van der Waals surface area contributed by atoms with Crippen LogP contribution in [0.1, 0.15) is 19.3 Å². The lowest BCUT2D eigenvalue weighted by Gasteiger charge is -2.17. The summed E-state index contributed by atoms with van der Waals surface area (Å²) in [4.78, 5) is 23.4. The van der Waals surface area contributed by atoms with Crippen molar-refractivity contribution in [2.45, 2.75) is 19.3 Å². The SMILES string of the molecule is CN(CCOc1ccccc1F)C(=O)CCCC(=O)O. The van der Waals surface area contributed by atoms with Crippen LogP contribution in [0.4, 0.5) is 4.39 Å². The quantitative estimate of drug-likeness (QED) is 0.791. The van der Waals surface area contributed by atoms with Crippen LogP contribution in [0.25, 0.3) is 0 Å². The molecule has 1 N–H and O–H groups in total. The number of carboxylic acid groups (broad SMARTS) is 1. The molecule has 0 aliphatic rings. The Morgan fingerprint density at radius 1 is 1.30 bits per heavy atom. The highest BCUT2D eigenvalue weighted by atomic mass is 19.1. The summed E-state index contributed by atoms with van der Waals surface area (Å²) >= 11 is 0. The Labute approximate surface area is 117 Å². The lowest BCUT2D eigenvalue weighted by molar-refractivity contribution is -0.137. The molecule has 0 atom stereocenters. The van der Waals surface area contributed by atoms with Gasteiger partial charge in [-0.3, -0.25) is 9.59 Å². The number of carbonyl (C=O) groups excluding carboxylic acids is 1. The van der Waals surface area contributed by atoms with Crippen LogP contribution in [-0.2, 0) is 9.59 Å². The fourth-order valence-corrected chi connectivity index (χ4v) is 1.56. The second kappa shape index (κ2) is 8.14. The highest BCUT2D eigenvalue weighted by Crippen LogP contribution is 2.15. The first-order chi connectivity index (χ1) is 9.50. The Balaban J connectivity index is 2.25. The van der Waals surface area contributed by atoms with Crippen molar-refractivity contribution in [2.75, 3.05) is 20.2 Å². The first-order valence-electron chi connectivity index (χ1n) is 6.34. The van der Waals surface area contributed by atoms with Gasteiger partial charge in [-0.05, 0) is 18.6 Å². The first-order valence-corrected chi connectivity index (χ1v) is 6.34. The van der Waals surface area contributed by atoms with E-state index >= 15 is 0 Å². The van der Waals surface area contributed by atoms with Crippen LogP contribution in [0, 0.1) is 5.82 Å². The summed E-state index contributed by atoms with van der Waals surface area (Å²) in [5.74, 6) is -1.35. The van der Waals surface area contributed by atoms with Crippen LogP contribution >= 0.6 is 0 Å². The van der Waals surface area contributed by atoms with Crippen LogP contribution in [0.2, 0.25) is 0 Å². The number of halogens is 1. The summed E-state index contributed by atoms with van der Waals surface area (Å²) in [7, 11) is 1.60. The number of nitrogens with zero attached hydrogens (tertiary/aromatic N) is 1. The zero-order valence-corrected chi connectivity index (χ0v) is 11.3. The van der Waals surface area contributed by atoms with E-state index in [4.69, 9.17) is 9.84 Å². The summed E-state index contributed by atoms with van der Waals surface area (Å²) in [5.41, 5.74) is 0. The van der Waals surface area contributed by atoms with Crippen molar-refractivity contribution in [1.82, 2.24) is 4.90 Å². The minimum absolute atomic E-state index is 0.0225. The van der Waals surface area contributed by atoms with Crippen LogP contribution in [0.5, 0.6) is 5.75 Å². The Bertz CT molecular complexity index is 464. The predicted molar refractivity (Wildman–Crippen MR) is 71.0 cm³/mol. The van der Waals surface area contributed by atoms with E-state index in [9.17, 15) is 14.0 Å². The van der Waals surface area contributed by atoms with Gasteiger partial charge in [0.05, 0.1) is 6.54 Å². The van der Waals surface area contributed by atoms with Crippen LogP contribution in [0.3, 0.4) is 0 Å². The molecule has 1 aromatic rings. The van der Waals surface area contributed by atoms with Crippen molar-refractivity contribution >= 4 is 11.9 Å². The summed E-state index contributed by atoms with van der Waals surface area (Å²) in [6.07, 6.45) is 0.473. The monoisotopic (exact) mass is 283 g/mol. The molecule has 0 heterocycles. The molecule has 110 valence electrons. The van der Waals surface area contributed by atoms with Gasteiger partial charge in [0, 0.05) is 19.9 Å². The highest BCUT2D eigenvalue weighted by Gasteiger charge is 2.10. The molecule has 20 heavy (non-hydrogen) atoms. The highest BCUT2D eigenvalue weighted by molar-refractivity contribution is 5.76. The molecular weight excluding hydrogens is 265 g/mol. The van der Waals surface area contributed by atoms with E-state index < -0.39 is 11.8 Å². The van der Waals surface area contributed by atoms with Gasteiger partial charge < -0.3 is 14.7 Å². The smallest absolute Gasteiger partial charge is 0.303 e. The molecule has 1 amide bonds. The molecule has 0 saturated carbocycles. The maximum Gasteiger partial charge on any atom is 0.303 e. The van der Waals surface area contributed by atoms with Gasteiger partial charge in [-0.25, -0.2) is 4.39 Å². The van der Waals surface area contributed by atoms with E-state index in [1.165, 1.54) is 17.0 Å². The molecule has 5 nitrogen and oxygen atoms in total. The lowest BCUT2D eigenvalue weighted by atomic mass is 10.2. The molecule has 1 rings (SSSR count). The topological polar surface area (TPSA) is 66.8 Å². The number of para-hydroxylation sites is 1. The normalized spacial score (nSPS) is 10.1. The molecule has 0 aromatic heterocycles. The van der Waals surface area contributed by atoms with Crippen molar-refractivity contribution in [2.24, 2.45) is 0 Å². The van der Waals surface area contributed by atoms with Gasteiger partial charge in [0.1, 0.15) is 6.61 Å². The molecule has 6 heteroatoms.